The van der Waals surface area contributed by atoms with Crippen LogP contribution in [0.15, 0.2) is 30.4 Å². The fraction of sp³-hybridized carbons (Fsp3) is 0.615. The van der Waals surface area contributed by atoms with Crippen molar-refractivity contribution >= 4 is 11.9 Å². The quantitative estimate of drug-likeness (QED) is 0.310. The van der Waals surface area contributed by atoms with Gasteiger partial charge in [0.15, 0.2) is 0 Å². The summed E-state index contributed by atoms with van der Waals surface area (Å²) in [7, 11) is 1.54. The molecule has 0 aromatic heterocycles. The van der Waals surface area contributed by atoms with E-state index in [-0.39, 0.29) is 18.5 Å². The van der Waals surface area contributed by atoms with Gasteiger partial charge in [0.05, 0.1) is 13.0 Å². The zero-order valence-electron chi connectivity index (χ0n) is 19.2. The molecule has 3 rings (SSSR count). The molecular weight excluding hydrogens is 392 g/mol. The van der Waals surface area contributed by atoms with Gasteiger partial charge in [0.25, 0.3) is 0 Å². The second kappa shape index (κ2) is 10.8. The van der Waals surface area contributed by atoms with E-state index in [4.69, 9.17) is 14.2 Å². The second-order valence-electron chi connectivity index (χ2n) is 9.38. The largest absolute Gasteiger partial charge is 0.496 e. The average molecular weight is 429 g/mol. The van der Waals surface area contributed by atoms with Gasteiger partial charge in [-0.05, 0) is 75.3 Å². The Morgan fingerprint density at radius 2 is 1.61 bits per heavy atom. The molecular formula is C26H36O5. The first kappa shape index (κ1) is 23.4. The summed E-state index contributed by atoms with van der Waals surface area (Å²) in [5.74, 6) is 2.86. The van der Waals surface area contributed by atoms with Gasteiger partial charge in [0, 0.05) is 17.2 Å². The van der Waals surface area contributed by atoms with Crippen LogP contribution in [-0.4, -0.2) is 19.0 Å². The summed E-state index contributed by atoms with van der Waals surface area (Å²) < 4.78 is 16.2. The van der Waals surface area contributed by atoms with Crippen LogP contribution in [0.2, 0.25) is 0 Å². The van der Waals surface area contributed by atoms with Crippen molar-refractivity contribution in [1.29, 1.82) is 0 Å². The van der Waals surface area contributed by atoms with E-state index in [0.29, 0.717) is 22.6 Å². The Hall–Kier alpha value is -2.30. The predicted molar refractivity (Wildman–Crippen MR) is 120 cm³/mol. The molecule has 170 valence electrons. The van der Waals surface area contributed by atoms with E-state index in [1.165, 1.54) is 32.8 Å². The molecule has 2 aliphatic rings. The van der Waals surface area contributed by atoms with Crippen LogP contribution in [0.3, 0.4) is 0 Å². The van der Waals surface area contributed by atoms with E-state index in [9.17, 15) is 9.59 Å². The van der Waals surface area contributed by atoms with Gasteiger partial charge in [-0.3, -0.25) is 4.79 Å². The van der Waals surface area contributed by atoms with Crippen LogP contribution in [0.4, 0.5) is 0 Å². The lowest BCUT2D eigenvalue weighted by Crippen LogP contribution is -2.29. The van der Waals surface area contributed by atoms with Crippen molar-refractivity contribution in [2.24, 2.45) is 23.7 Å². The lowest BCUT2D eigenvalue weighted by atomic mass is 9.69. The molecule has 0 atom stereocenters. The van der Waals surface area contributed by atoms with E-state index in [1.54, 1.807) is 25.1 Å². The molecule has 0 spiro atoms. The number of hydrogen-bond donors (Lipinski definition) is 0. The van der Waals surface area contributed by atoms with E-state index in [2.05, 4.69) is 13.5 Å². The average Bonchev–Trinajstić information content (AvgIpc) is 2.78. The van der Waals surface area contributed by atoms with E-state index in [1.807, 2.05) is 0 Å². The lowest BCUT2D eigenvalue weighted by Gasteiger charge is -2.36. The Bertz CT molecular complexity index is 783. The number of hydrogen-bond acceptors (Lipinski definition) is 5. The summed E-state index contributed by atoms with van der Waals surface area (Å²) in [6.45, 7) is 7.61. The van der Waals surface area contributed by atoms with Crippen molar-refractivity contribution in [2.45, 2.75) is 71.8 Å². The van der Waals surface area contributed by atoms with Crippen molar-refractivity contribution in [3.8, 4) is 11.5 Å². The Balaban J connectivity index is 1.51. The number of rotatable bonds is 7. The summed E-state index contributed by atoms with van der Waals surface area (Å²) >= 11 is 0. The van der Waals surface area contributed by atoms with E-state index >= 15 is 0 Å². The molecule has 0 saturated heterocycles. The first-order valence-electron chi connectivity index (χ1n) is 11.6. The summed E-state index contributed by atoms with van der Waals surface area (Å²) in [4.78, 5) is 24.3. The molecule has 0 heterocycles. The van der Waals surface area contributed by atoms with Gasteiger partial charge in [-0.25, -0.2) is 4.79 Å². The first-order valence-corrected chi connectivity index (χ1v) is 11.6. The number of esters is 2. The number of carbonyl (C=O) groups excluding carboxylic acids is 2. The smallest absolute Gasteiger partial charge is 0.333 e. The van der Waals surface area contributed by atoms with Gasteiger partial charge in [-0.15, -0.1) is 0 Å². The SMILES string of the molecule is C=C(C)C(=O)OCc1ccc(OC(=O)C2CCC(C3CCC(C)CC3)CC2)cc1OC. The lowest BCUT2D eigenvalue weighted by molar-refractivity contribution is -0.141. The maximum Gasteiger partial charge on any atom is 0.333 e. The number of methoxy groups -OCH3 is 1. The molecule has 1 aromatic carbocycles. The van der Waals surface area contributed by atoms with E-state index < -0.39 is 5.97 Å². The van der Waals surface area contributed by atoms with E-state index in [0.717, 1.165) is 43.4 Å². The van der Waals surface area contributed by atoms with Crippen LogP contribution in [0.5, 0.6) is 11.5 Å². The van der Waals surface area contributed by atoms with Gasteiger partial charge in [0.1, 0.15) is 18.1 Å². The minimum Gasteiger partial charge on any atom is -0.496 e. The molecule has 0 unspecified atom stereocenters. The summed E-state index contributed by atoms with van der Waals surface area (Å²) in [6, 6.07) is 5.16. The highest BCUT2D eigenvalue weighted by Gasteiger charge is 2.33. The molecule has 1 aromatic rings. The standard InChI is InChI=1S/C26H36O5/c1-17(2)25(27)30-16-22-13-14-23(15-24(22)29-4)31-26(28)21-11-9-20(10-12-21)19-7-5-18(3)6-8-19/h13-15,18-21H,1,5-12,16H2,2-4H3. The van der Waals surface area contributed by atoms with Crippen LogP contribution in [0.25, 0.3) is 0 Å². The molecule has 0 radical (unpaired) electrons. The Kier molecular flexibility index (Phi) is 8.16. The summed E-state index contributed by atoms with van der Waals surface area (Å²) in [6.07, 6.45) is 9.53. The maximum atomic E-state index is 12.7. The molecule has 0 aliphatic heterocycles. The van der Waals surface area contributed by atoms with Gasteiger partial charge in [-0.1, -0.05) is 26.3 Å². The van der Waals surface area contributed by atoms with Crippen molar-refractivity contribution in [3.05, 3.63) is 35.9 Å². The zero-order valence-corrected chi connectivity index (χ0v) is 19.2. The van der Waals surface area contributed by atoms with Crippen LogP contribution >= 0.6 is 0 Å². The predicted octanol–water partition coefficient (Wildman–Crippen LogP) is 5.85. The topological polar surface area (TPSA) is 61.8 Å². The van der Waals surface area contributed by atoms with Crippen molar-refractivity contribution in [3.63, 3.8) is 0 Å². The molecule has 0 amide bonds. The van der Waals surface area contributed by atoms with Gasteiger partial charge >= 0.3 is 11.9 Å². The molecule has 0 N–H and O–H groups in total. The summed E-state index contributed by atoms with van der Waals surface area (Å²) in [5, 5.41) is 0. The molecule has 5 heteroatoms. The fourth-order valence-corrected chi connectivity index (χ4v) is 4.96. The normalized spacial score (nSPS) is 26.0. The van der Waals surface area contributed by atoms with Gasteiger partial charge < -0.3 is 14.2 Å². The minimum absolute atomic E-state index is 0.0269. The first-order chi connectivity index (χ1) is 14.9. The van der Waals surface area contributed by atoms with Crippen molar-refractivity contribution in [1.82, 2.24) is 0 Å². The highest BCUT2D eigenvalue weighted by molar-refractivity contribution is 5.86. The zero-order chi connectivity index (χ0) is 22.4. The van der Waals surface area contributed by atoms with Gasteiger partial charge in [0.2, 0.25) is 0 Å². The number of benzene rings is 1. The Labute approximate surface area is 186 Å². The van der Waals surface area contributed by atoms with Crippen molar-refractivity contribution in [2.75, 3.05) is 7.11 Å². The van der Waals surface area contributed by atoms with Crippen LogP contribution in [0, 0.1) is 23.7 Å². The second-order valence-corrected chi connectivity index (χ2v) is 9.38. The fourth-order valence-electron chi connectivity index (χ4n) is 4.96. The minimum atomic E-state index is -0.448. The molecule has 0 bridgehead atoms. The molecule has 2 fully saturated rings. The van der Waals surface area contributed by atoms with Crippen LogP contribution < -0.4 is 9.47 Å². The third-order valence-corrected chi connectivity index (χ3v) is 7.02. The number of carbonyl (C=O) groups is 2. The highest BCUT2D eigenvalue weighted by atomic mass is 16.5. The third kappa shape index (κ3) is 6.34. The molecule has 31 heavy (non-hydrogen) atoms. The number of ether oxygens (including phenoxy) is 3. The van der Waals surface area contributed by atoms with Crippen molar-refractivity contribution < 1.29 is 23.8 Å². The highest BCUT2D eigenvalue weighted by Crippen LogP contribution is 2.41. The Morgan fingerprint density at radius 3 is 2.19 bits per heavy atom. The van der Waals surface area contributed by atoms with Gasteiger partial charge in [-0.2, -0.15) is 0 Å². The maximum absolute atomic E-state index is 12.7. The molecule has 5 nitrogen and oxygen atoms in total. The Morgan fingerprint density at radius 1 is 1.00 bits per heavy atom. The van der Waals surface area contributed by atoms with Crippen LogP contribution in [0.1, 0.15) is 70.8 Å². The molecule has 2 aliphatic carbocycles. The monoisotopic (exact) mass is 428 g/mol. The third-order valence-electron chi connectivity index (χ3n) is 7.02. The van der Waals surface area contributed by atoms with Crippen LogP contribution in [-0.2, 0) is 20.9 Å². The summed E-state index contributed by atoms with van der Waals surface area (Å²) in [5.41, 5.74) is 1.05. The molecule has 2 saturated carbocycles.